The minimum atomic E-state index is -1.01. The van der Waals surface area contributed by atoms with E-state index in [0.29, 0.717) is 22.7 Å². The second kappa shape index (κ2) is 10.6. The number of aliphatic hydroxyl groups is 1. The van der Waals surface area contributed by atoms with Gasteiger partial charge in [0.2, 0.25) is 0 Å². The van der Waals surface area contributed by atoms with Gasteiger partial charge in [0.05, 0.1) is 36.4 Å². The number of amides is 1. The van der Waals surface area contributed by atoms with Gasteiger partial charge in [-0.3, -0.25) is 24.3 Å². The zero-order chi connectivity index (χ0) is 25.8. The first-order valence-corrected chi connectivity index (χ1v) is 11.5. The van der Waals surface area contributed by atoms with E-state index in [1.54, 1.807) is 55.5 Å². The molecule has 0 spiro atoms. The molecule has 0 saturated carbocycles. The number of rotatable bonds is 7. The third-order valence-electron chi connectivity index (χ3n) is 5.71. The fourth-order valence-electron chi connectivity index (χ4n) is 4.03. The van der Waals surface area contributed by atoms with Crippen LogP contribution in [0.25, 0.3) is 5.76 Å². The number of anilines is 1. The van der Waals surface area contributed by atoms with Crippen LogP contribution in [-0.2, 0) is 25.5 Å². The minimum absolute atomic E-state index is 0.0744. The number of hydrogen-bond donors (Lipinski definition) is 1. The number of ether oxygens (including phenoxy) is 2. The summed E-state index contributed by atoms with van der Waals surface area (Å²) in [6.45, 7) is 2.01. The van der Waals surface area contributed by atoms with Crippen LogP contribution >= 0.6 is 11.6 Å². The molecule has 36 heavy (non-hydrogen) atoms. The molecule has 1 unspecified atom stereocenters. The molecule has 0 radical (unpaired) electrons. The summed E-state index contributed by atoms with van der Waals surface area (Å²) in [6, 6.07) is 15.4. The molecule has 2 aromatic carbocycles. The maximum Gasteiger partial charge on any atom is 0.310 e. The van der Waals surface area contributed by atoms with Gasteiger partial charge in [-0.2, -0.15) is 0 Å². The van der Waals surface area contributed by atoms with Gasteiger partial charge in [-0.15, -0.1) is 0 Å². The van der Waals surface area contributed by atoms with Gasteiger partial charge < -0.3 is 14.6 Å². The number of benzene rings is 2. The lowest BCUT2D eigenvalue weighted by Gasteiger charge is -2.25. The Morgan fingerprint density at radius 1 is 1.11 bits per heavy atom. The van der Waals surface area contributed by atoms with Gasteiger partial charge in [0, 0.05) is 17.4 Å². The van der Waals surface area contributed by atoms with Gasteiger partial charge >= 0.3 is 5.97 Å². The zero-order valence-corrected chi connectivity index (χ0v) is 20.4. The fourth-order valence-corrected chi connectivity index (χ4v) is 4.23. The molecule has 1 fully saturated rings. The van der Waals surface area contributed by atoms with Crippen LogP contribution in [0.5, 0.6) is 5.75 Å². The van der Waals surface area contributed by atoms with Crippen molar-refractivity contribution in [2.75, 3.05) is 18.6 Å². The number of aliphatic hydroxyl groups excluding tert-OH is 1. The van der Waals surface area contributed by atoms with Crippen LogP contribution in [0.4, 0.5) is 5.69 Å². The van der Waals surface area contributed by atoms with Crippen molar-refractivity contribution in [3.05, 3.63) is 94.3 Å². The van der Waals surface area contributed by atoms with Gasteiger partial charge in [0.15, 0.2) is 0 Å². The zero-order valence-electron chi connectivity index (χ0n) is 19.6. The lowest BCUT2D eigenvalue weighted by molar-refractivity contribution is -0.142. The van der Waals surface area contributed by atoms with Gasteiger partial charge in [-0.1, -0.05) is 29.8 Å². The van der Waals surface area contributed by atoms with E-state index < -0.39 is 23.5 Å². The molecule has 0 aliphatic carbocycles. The Balaban J connectivity index is 1.82. The molecule has 4 rings (SSSR count). The minimum Gasteiger partial charge on any atom is -0.507 e. The first-order valence-electron chi connectivity index (χ1n) is 11.2. The Labute approximate surface area is 212 Å². The number of ketones is 1. The fraction of sp³-hybridized carbons (Fsp3) is 0.185. The highest BCUT2D eigenvalue weighted by Crippen LogP contribution is 2.42. The van der Waals surface area contributed by atoms with Crippen molar-refractivity contribution >= 4 is 40.7 Å². The Kier molecular flexibility index (Phi) is 7.36. The third-order valence-corrected chi connectivity index (χ3v) is 6.04. The van der Waals surface area contributed by atoms with Crippen molar-refractivity contribution in [3.8, 4) is 5.75 Å². The second-order valence-corrected chi connectivity index (χ2v) is 8.32. The highest BCUT2D eigenvalue weighted by atomic mass is 35.5. The van der Waals surface area contributed by atoms with E-state index in [-0.39, 0.29) is 35.2 Å². The van der Waals surface area contributed by atoms with E-state index in [1.165, 1.54) is 30.3 Å². The molecule has 8 nitrogen and oxygen atoms in total. The summed E-state index contributed by atoms with van der Waals surface area (Å²) in [4.78, 5) is 44.0. The summed E-state index contributed by atoms with van der Waals surface area (Å²) < 4.78 is 10.2. The number of halogens is 1. The number of methoxy groups -OCH3 is 1. The Morgan fingerprint density at radius 3 is 2.50 bits per heavy atom. The third kappa shape index (κ3) is 4.81. The van der Waals surface area contributed by atoms with E-state index in [0.717, 1.165) is 0 Å². The van der Waals surface area contributed by atoms with Crippen molar-refractivity contribution < 1.29 is 29.0 Å². The number of Topliss-reactive ketones (excluding diaryl/α,β-unsaturated/α-hetero) is 1. The molecule has 0 bridgehead atoms. The summed E-state index contributed by atoms with van der Waals surface area (Å²) in [5.41, 5.74) is 1.47. The Bertz CT molecular complexity index is 1340. The number of carbonyl (C=O) groups is 3. The van der Waals surface area contributed by atoms with Crippen LogP contribution in [0.1, 0.15) is 29.8 Å². The van der Waals surface area contributed by atoms with Crippen LogP contribution in [0, 0.1) is 0 Å². The van der Waals surface area contributed by atoms with Crippen LogP contribution in [-0.4, -0.2) is 41.5 Å². The van der Waals surface area contributed by atoms with Crippen LogP contribution in [0.3, 0.4) is 0 Å². The predicted molar refractivity (Wildman–Crippen MR) is 134 cm³/mol. The quantitative estimate of drug-likeness (QED) is 0.218. The standard InChI is InChI=1S/C27H23ClN2O6/c1-3-36-22(31)14-16-7-9-17(10-8-16)30-24(21-6-4-5-13-29-21)23(26(33)27(30)34)25(32)19-15-18(35-2)11-12-20(19)28/h4-13,15,24,32H,3,14H2,1-2H3/b25-23+. The van der Waals surface area contributed by atoms with Crippen LogP contribution in [0.2, 0.25) is 5.02 Å². The lowest BCUT2D eigenvalue weighted by atomic mass is 9.98. The lowest BCUT2D eigenvalue weighted by Crippen LogP contribution is -2.29. The van der Waals surface area contributed by atoms with E-state index in [9.17, 15) is 19.5 Å². The summed E-state index contributed by atoms with van der Waals surface area (Å²) in [5, 5.41) is 11.4. The maximum absolute atomic E-state index is 13.3. The molecule has 1 aromatic heterocycles. The summed E-state index contributed by atoms with van der Waals surface area (Å²) in [5.74, 6) is -2.09. The number of carbonyl (C=O) groups excluding carboxylic acids is 3. The van der Waals surface area contributed by atoms with Gasteiger partial charge in [-0.25, -0.2) is 0 Å². The second-order valence-electron chi connectivity index (χ2n) is 7.92. The number of hydrogen-bond acceptors (Lipinski definition) is 7. The van der Waals surface area contributed by atoms with Gasteiger partial charge in [-0.05, 0) is 55.0 Å². The molecular formula is C27H23ClN2O6. The highest BCUT2D eigenvalue weighted by Gasteiger charge is 2.47. The average Bonchev–Trinajstić information content (AvgIpc) is 3.15. The van der Waals surface area contributed by atoms with E-state index >= 15 is 0 Å². The Hall–Kier alpha value is -4.17. The SMILES string of the molecule is CCOC(=O)Cc1ccc(N2C(=O)C(=O)/C(=C(/O)c3cc(OC)ccc3Cl)C2c2ccccn2)cc1. The monoisotopic (exact) mass is 506 g/mol. The highest BCUT2D eigenvalue weighted by molar-refractivity contribution is 6.52. The van der Waals surface area contributed by atoms with Gasteiger partial charge in [0.25, 0.3) is 11.7 Å². The molecule has 1 atom stereocenters. The van der Waals surface area contributed by atoms with Crippen molar-refractivity contribution in [2.45, 2.75) is 19.4 Å². The molecule has 1 amide bonds. The predicted octanol–water partition coefficient (Wildman–Crippen LogP) is 4.48. The molecular weight excluding hydrogens is 484 g/mol. The van der Waals surface area contributed by atoms with Crippen molar-refractivity contribution in [1.29, 1.82) is 0 Å². The van der Waals surface area contributed by atoms with E-state index in [2.05, 4.69) is 4.98 Å². The first-order chi connectivity index (χ1) is 17.3. The summed E-state index contributed by atoms with van der Waals surface area (Å²) in [7, 11) is 1.46. The number of esters is 1. The average molecular weight is 507 g/mol. The smallest absolute Gasteiger partial charge is 0.310 e. The van der Waals surface area contributed by atoms with E-state index in [4.69, 9.17) is 21.1 Å². The summed E-state index contributed by atoms with van der Waals surface area (Å²) >= 11 is 6.33. The molecule has 184 valence electrons. The summed E-state index contributed by atoms with van der Waals surface area (Å²) in [6.07, 6.45) is 1.61. The number of nitrogens with zero attached hydrogens (tertiary/aromatic N) is 2. The maximum atomic E-state index is 13.3. The molecule has 3 aromatic rings. The molecule has 9 heteroatoms. The normalized spacial score (nSPS) is 16.8. The molecule has 1 aliphatic heterocycles. The Morgan fingerprint density at radius 2 is 1.86 bits per heavy atom. The molecule has 1 N–H and O–H groups in total. The number of aromatic nitrogens is 1. The molecule has 2 heterocycles. The molecule has 1 saturated heterocycles. The van der Waals surface area contributed by atoms with Crippen LogP contribution < -0.4 is 9.64 Å². The topological polar surface area (TPSA) is 106 Å². The number of pyridine rings is 1. The molecule has 1 aliphatic rings. The van der Waals surface area contributed by atoms with Crippen molar-refractivity contribution in [1.82, 2.24) is 4.98 Å². The first kappa shape index (κ1) is 24.9. The largest absolute Gasteiger partial charge is 0.507 e. The van der Waals surface area contributed by atoms with Gasteiger partial charge in [0.1, 0.15) is 17.6 Å². The van der Waals surface area contributed by atoms with Crippen molar-refractivity contribution in [2.24, 2.45) is 0 Å². The van der Waals surface area contributed by atoms with Crippen molar-refractivity contribution in [3.63, 3.8) is 0 Å². The van der Waals surface area contributed by atoms with Crippen LogP contribution in [0.15, 0.2) is 72.4 Å². The van der Waals surface area contributed by atoms with E-state index in [1.807, 2.05) is 0 Å².